The molecule has 0 bridgehead atoms. The lowest BCUT2D eigenvalue weighted by Gasteiger charge is -2.21. The number of hydrogen-bond donors (Lipinski definition) is 2. The number of aliphatic hydroxyl groups is 1. The summed E-state index contributed by atoms with van der Waals surface area (Å²) in [5.41, 5.74) is 0. The average Bonchev–Trinajstić information content (AvgIpc) is 2.66. The molecule has 8 heteroatoms. The van der Waals surface area contributed by atoms with E-state index in [2.05, 4.69) is 20.7 Å². The van der Waals surface area contributed by atoms with E-state index in [0.717, 1.165) is 17.8 Å². The van der Waals surface area contributed by atoms with Gasteiger partial charge in [-0.25, -0.2) is 13.1 Å². The topological polar surface area (TPSA) is 66.4 Å². The zero-order valence-electron chi connectivity index (χ0n) is 9.98. The molecule has 0 amide bonds. The van der Waals surface area contributed by atoms with Crippen LogP contribution in [0.15, 0.2) is 14.7 Å². The highest BCUT2D eigenvalue weighted by Gasteiger charge is 2.25. The smallest absolute Gasteiger partial charge is 0.250 e. The van der Waals surface area contributed by atoms with Crippen molar-refractivity contribution in [1.29, 1.82) is 0 Å². The zero-order chi connectivity index (χ0) is 13.9. The molecule has 1 rings (SSSR count). The van der Waals surface area contributed by atoms with E-state index in [4.69, 9.17) is 11.6 Å². The van der Waals surface area contributed by atoms with E-state index in [-0.39, 0.29) is 16.7 Å². The highest BCUT2D eigenvalue weighted by molar-refractivity contribution is 9.10. The van der Waals surface area contributed by atoms with Gasteiger partial charge in [0.05, 0.1) is 6.61 Å². The summed E-state index contributed by atoms with van der Waals surface area (Å²) in [4.78, 5) is 0. The van der Waals surface area contributed by atoms with Gasteiger partial charge in [-0.15, -0.1) is 11.3 Å². The second kappa shape index (κ2) is 6.67. The van der Waals surface area contributed by atoms with Gasteiger partial charge in [0.15, 0.2) is 0 Å². The van der Waals surface area contributed by atoms with E-state index in [1.807, 2.05) is 13.8 Å². The third-order valence-corrected chi connectivity index (χ3v) is 7.16. The standard InChI is InChI=1S/C10H15BrClNO3S2/c1-3-6(2)8(5-14)13-18(15,16)9-4-7(11)10(12)17-9/h4,6,8,13-14H,3,5H2,1-2H3/t6-,8+/m0/s1. The summed E-state index contributed by atoms with van der Waals surface area (Å²) in [6.45, 7) is 3.61. The summed E-state index contributed by atoms with van der Waals surface area (Å²) in [6, 6.07) is 0.972. The molecule has 0 aliphatic rings. The number of halogens is 2. The normalized spacial score (nSPS) is 15.6. The van der Waals surface area contributed by atoms with Gasteiger partial charge in [0.2, 0.25) is 10.0 Å². The lowest BCUT2D eigenvalue weighted by atomic mass is 10.0. The largest absolute Gasteiger partial charge is 0.395 e. The molecule has 0 unspecified atom stereocenters. The maximum atomic E-state index is 12.1. The maximum Gasteiger partial charge on any atom is 0.250 e. The van der Waals surface area contributed by atoms with E-state index < -0.39 is 16.1 Å². The number of thiophene rings is 1. The predicted molar refractivity (Wildman–Crippen MR) is 77.7 cm³/mol. The Morgan fingerprint density at radius 1 is 1.61 bits per heavy atom. The second-order valence-electron chi connectivity index (χ2n) is 3.98. The molecule has 0 saturated carbocycles. The summed E-state index contributed by atoms with van der Waals surface area (Å²) in [5.74, 6) is 0.0589. The van der Waals surface area contributed by atoms with Gasteiger partial charge in [-0.05, 0) is 27.9 Å². The summed E-state index contributed by atoms with van der Waals surface area (Å²) >= 11 is 9.98. The van der Waals surface area contributed by atoms with Crippen molar-refractivity contribution in [2.75, 3.05) is 6.61 Å². The van der Waals surface area contributed by atoms with Crippen LogP contribution in [0.2, 0.25) is 4.34 Å². The van der Waals surface area contributed by atoms with E-state index >= 15 is 0 Å². The molecular weight excluding hydrogens is 362 g/mol. The summed E-state index contributed by atoms with van der Waals surface area (Å²) in [5, 5.41) is 9.24. The zero-order valence-corrected chi connectivity index (χ0v) is 14.0. The van der Waals surface area contributed by atoms with Crippen molar-refractivity contribution >= 4 is 48.9 Å². The molecule has 0 fully saturated rings. The van der Waals surface area contributed by atoms with Crippen LogP contribution in [-0.4, -0.2) is 26.2 Å². The van der Waals surface area contributed by atoms with Crippen LogP contribution in [0.25, 0.3) is 0 Å². The van der Waals surface area contributed by atoms with Crippen LogP contribution in [0.1, 0.15) is 20.3 Å². The minimum Gasteiger partial charge on any atom is -0.395 e. The van der Waals surface area contributed by atoms with E-state index in [1.165, 1.54) is 6.07 Å². The molecule has 0 aliphatic carbocycles. The Bertz CT molecular complexity index is 484. The van der Waals surface area contributed by atoms with Crippen LogP contribution >= 0.6 is 38.9 Å². The maximum absolute atomic E-state index is 12.1. The Balaban J connectivity index is 2.94. The molecule has 1 aromatic rings. The van der Waals surface area contributed by atoms with Gasteiger partial charge in [0.1, 0.15) is 8.55 Å². The molecule has 1 aromatic heterocycles. The fourth-order valence-corrected chi connectivity index (χ4v) is 4.99. The quantitative estimate of drug-likeness (QED) is 0.802. The first kappa shape index (κ1) is 16.4. The van der Waals surface area contributed by atoms with Crippen LogP contribution in [0.3, 0.4) is 0 Å². The SMILES string of the molecule is CC[C@H](C)[C@@H](CO)NS(=O)(=O)c1cc(Br)c(Cl)s1. The van der Waals surface area contributed by atoms with Crippen LogP contribution in [0.5, 0.6) is 0 Å². The van der Waals surface area contributed by atoms with Gasteiger partial charge in [-0.1, -0.05) is 31.9 Å². The minimum atomic E-state index is -3.63. The lowest BCUT2D eigenvalue weighted by molar-refractivity contribution is 0.219. The van der Waals surface area contributed by atoms with Crippen LogP contribution < -0.4 is 4.72 Å². The molecule has 0 saturated heterocycles. The third-order valence-electron chi connectivity index (χ3n) is 2.72. The number of hydrogen-bond acceptors (Lipinski definition) is 4. The second-order valence-corrected chi connectivity index (χ2v) is 8.43. The molecular formula is C10H15BrClNO3S2. The Morgan fingerprint density at radius 2 is 2.22 bits per heavy atom. The predicted octanol–water partition coefficient (Wildman–Crippen LogP) is 2.85. The Labute approximate surface area is 125 Å². The van der Waals surface area contributed by atoms with Crippen LogP contribution in [0, 0.1) is 5.92 Å². The van der Waals surface area contributed by atoms with E-state index in [1.54, 1.807) is 0 Å². The Hall–Kier alpha value is 0.340. The molecule has 104 valence electrons. The van der Waals surface area contributed by atoms with Gasteiger partial charge in [-0.2, -0.15) is 0 Å². The van der Waals surface area contributed by atoms with E-state index in [0.29, 0.717) is 8.81 Å². The summed E-state index contributed by atoms with van der Waals surface area (Å²) in [6.07, 6.45) is 0.780. The van der Waals surface area contributed by atoms with Gasteiger partial charge >= 0.3 is 0 Å². The van der Waals surface area contributed by atoms with Crippen LogP contribution in [-0.2, 0) is 10.0 Å². The number of nitrogens with one attached hydrogen (secondary N) is 1. The summed E-state index contributed by atoms with van der Waals surface area (Å²) in [7, 11) is -3.63. The van der Waals surface area contributed by atoms with Gasteiger partial charge < -0.3 is 5.11 Å². The first-order valence-corrected chi connectivity index (χ1v) is 8.86. The number of aliphatic hydroxyl groups excluding tert-OH is 1. The highest BCUT2D eigenvalue weighted by Crippen LogP contribution is 2.34. The van der Waals surface area contributed by atoms with Crippen molar-refractivity contribution in [3.63, 3.8) is 0 Å². The van der Waals surface area contributed by atoms with E-state index in [9.17, 15) is 13.5 Å². The molecule has 0 aliphatic heterocycles. The van der Waals surface area contributed by atoms with Gasteiger partial charge in [-0.3, -0.25) is 0 Å². The number of rotatable bonds is 6. The molecule has 0 spiro atoms. The summed E-state index contributed by atoms with van der Waals surface area (Å²) < 4.78 is 27.8. The van der Waals surface area contributed by atoms with Crippen LogP contribution in [0.4, 0.5) is 0 Å². The molecule has 18 heavy (non-hydrogen) atoms. The van der Waals surface area contributed by atoms with Crippen molar-refractivity contribution in [3.8, 4) is 0 Å². The molecule has 2 atom stereocenters. The van der Waals surface area contributed by atoms with Crippen molar-refractivity contribution < 1.29 is 13.5 Å². The monoisotopic (exact) mass is 375 g/mol. The molecule has 0 radical (unpaired) electrons. The van der Waals surface area contributed by atoms with Crippen molar-refractivity contribution in [2.24, 2.45) is 5.92 Å². The third kappa shape index (κ3) is 3.91. The molecule has 1 heterocycles. The first-order valence-electron chi connectivity index (χ1n) is 5.39. The first-order chi connectivity index (χ1) is 8.31. The highest BCUT2D eigenvalue weighted by atomic mass is 79.9. The van der Waals surface area contributed by atoms with Gasteiger partial charge in [0, 0.05) is 10.5 Å². The van der Waals surface area contributed by atoms with Gasteiger partial charge in [0.25, 0.3) is 0 Å². The molecule has 0 aromatic carbocycles. The molecule has 2 N–H and O–H groups in total. The minimum absolute atomic E-state index is 0.0589. The average molecular weight is 377 g/mol. The lowest BCUT2D eigenvalue weighted by Crippen LogP contribution is -2.41. The molecule has 4 nitrogen and oxygen atoms in total. The van der Waals surface area contributed by atoms with Crippen molar-refractivity contribution in [2.45, 2.75) is 30.5 Å². The fraction of sp³-hybridized carbons (Fsp3) is 0.600. The Morgan fingerprint density at radius 3 is 2.61 bits per heavy atom. The Kier molecular flexibility index (Phi) is 6.08. The fourth-order valence-electron chi connectivity index (χ4n) is 1.33. The number of sulfonamides is 1. The van der Waals surface area contributed by atoms with Crippen molar-refractivity contribution in [3.05, 3.63) is 14.9 Å². The van der Waals surface area contributed by atoms with Crippen molar-refractivity contribution in [1.82, 2.24) is 4.72 Å².